The van der Waals surface area contributed by atoms with Gasteiger partial charge in [0.25, 0.3) is 11.6 Å². The van der Waals surface area contributed by atoms with Gasteiger partial charge in [0.05, 0.1) is 11.5 Å². The summed E-state index contributed by atoms with van der Waals surface area (Å²) in [4.78, 5) is 21.8. The smallest absolute Gasteiger partial charge is 0.282 e. The van der Waals surface area contributed by atoms with Crippen molar-refractivity contribution in [2.24, 2.45) is 0 Å². The first-order chi connectivity index (χ1) is 9.56. The van der Waals surface area contributed by atoms with Crippen molar-refractivity contribution >= 4 is 24.0 Å². The van der Waals surface area contributed by atoms with E-state index in [2.05, 4.69) is 10.6 Å². The van der Waals surface area contributed by atoms with Gasteiger partial charge in [-0.15, -0.1) is 12.4 Å². The number of halogens is 2. The molecule has 0 saturated heterocycles. The van der Waals surface area contributed by atoms with Crippen LogP contribution in [0.5, 0.6) is 0 Å². The number of carbonyl (C=O) groups is 1. The van der Waals surface area contributed by atoms with Gasteiger partial charge in [0.2, 0.25) is 0 Å². The van der Waals surface area contributed by atoms with E-state index in [0.717, 1.165) is 18.2 Å². The number of nitrogens with one attached hydrogen (secondary N) is 2. The zero-order valence-corrected chi connectivity index (χ0v) is 12.2. The lowest BCUT2D eigenvalue weighted by atomic mass is 10.1. The van der Waals surface area contributed by atoms with Crippen LogP contribution in [0.2, 0.25) is 0 Å². The minimum Gasteiger partial charge on any atom is -0.383 e. The number of amides is 1. The number of nitrogens with zero attached hydrogens (tertiary/aromatic N) is 1. The highest BCUT2D eigenvalue weighted by Crippen LogP contribution is 2.19. The molecule has 1 aromatic rings. The van der Waals surface area contributed by atoms with E-state index in [1.54, 1.807) is 7.11 Å². The van der Waals surface area contributed by atoms with E-state index in [4.69, 9.17) is 4.74 Å². The number of hydrogen-bond donors (Lipinski definition) is 2. The third kappa shape index (κ3) is 6.48. The highest BCUT2D eigenvalue weighted by atomic mass is 35.5. The SMILES string of the molecule is COCCNCCNC(=O)c1cc(F)ccc1[N+](=O)[O-].Cl. The van der Waals surface area contributed by atoms with Gasteiger partial charge in [-0.3, -0.25) is 14.9 Å². The zero-order chi connectivity index (χ0) is 15.0. The second-order valence-electron chi connectivity index (χ2n) is 3.92. The fourth-order valence-corrected chi connectivity index (χ4v) is 1.51. The van der Waals surface area contributed by atoms with Crippen molar-refractivity contribution in [2.45, 2.75) is 0 Å². The van der Waals surface area contributed by atoms with Crippen LogP contribution < -0.4 is 10.6 Å². The molecule has 21 heavy (non-hydrogen) atoms. The summed E-state index contributed by atoms with van der Waals surface area (Å²) in [5.41, 5.74) is -0.705. The Kier molecular flexibility index (Phi) is 9.18. The third-order valence-corrected chi connectivity index (χ3v) is 2.47. The minimum atomic E-state index is -0.717. The summed E-state index contributed by atoms with van der Waals surface area (Å²) in [5, 5.41) is 16.2. The van der Waals surface area contributed by atoms with Gasteiger partial charge in [0, 0.05) is 32.8 Å². The highest BCUT2D eigenvalue weighted by Gasteiger charge is 2.20. The first-order valence-electron chi connectivity index (χ1n) is 5.98. The lowest BCUT2D eigenvalue weighted by Gasteiger charge is -2.07. The first-order valence-corrected chi connectivity index (χ1v) is 5.98. The molecule has 0 fully saturated rings. The van der Waals surface area contributed by atoms with E-state index < -0.39 is 22.3 Å². The molecular weight excluding hydrogens is 305 g/mol. The Labute approximate surface area is 127 Å². The molecule has 7 nitrogen and oxygen atoms in total. The maximum atomic E-state index is 13.1. The number of benzene rings is 1. The molecule has 0 radical (unpaired) electrons. The molecular formula is C12H17ClFN3O4. The molecule has 2 N–H and O–H groups in total. The molecule has 0 spiro atoms. The van der Waals surface area contributed by atoms with Crippen molar-refractivity contribution in [1.82, 2.24) is 10.6 Å². The van der Waals surface area contributed by atoms with Gasteiger partial charge < -0.3 is 15.4 Å². The monoisotopic (exact) mass is 321 g/mol. The number of carbonyl (C=O) groups excluding carboxylic acids is 1. The summed E-state index contributed by atoms with van der Waals surface area (Å²) in [6, 6.07) is 2.77. The molecule has 1 amide bonds. The van der Waals surface area contributed by atoms with Gasteiger partial charge in [0.15, 0.2) is 0 Å². The van der Waals surface area contributed by atoms with Crippen molar-refractivity contribution in [2.75, 3.05) is 33.4 Å². The van der Waals surface area contributed by atoms with Crippen LogP contribution in [0.15, 0.2) is 18.2 Å². The van der Waals surface area contributed by atoms with E-state index in [9.17, 15) is 19.3 Å². The van der Waals surface area contributed by atoms with Crippen LogP contribution in [0, 0.1) is 15.9 Å². The molecule has 0 aliphatic rings. The molecule has 1 rings (SSSR count). The Hall–Kier alpha value is -1.77. The molecule has 1 aromatic carbocycles. The molecule has 0 bridgehead atoms. The Morgan fingerprint density at radius 2 is 2.10 bits per heavy atom. The largest absolute Gasteiger partial charge is 0.383 e. The average molecular weight is 322 g/mol. The van der Waals surface area contributed by atoms with Gasteiger partial charge >= 0.3 is 0 Å². The van der Waals surface area contributed by atoms with Crippen LogP contribution in [0.1, 0.15) is 10.4 Å². The quantitative estimate of drug-likeness (QED) is 0.425. The van der Waals surface area contributed by atoms with E-state index in [0.29, 0.717) is 19.7 Å². The Morgan fingerprint density at radius 1 is 1.38 bits per heavy atom. The van der Waals surface area contributed by atoms with Crippen LogP contribution in [-0.4, -0.2) is 44.2 Å². The first kappa shape index (κ1) is 19.2. The van der Waals surface area contributed by atoms with Gasteiger partial charge in [-0.05, 0) is 12.1 Å². The summed E-state index contributed by atoms with van der Waals surface area (Å²) in [6.45, 7) is 1.93. The topological polar surface area (TPSA) is 93.5 Å². The van der Waals surface area contributed by atoms with Crippen LogP contribution >= 0.6 is 12.4 Å². The number of ether oxygens (including phenoxy) is 1. The van der Waals surface area contributed by atoms with Crippen molar-refractivity contribution in [3.8, 4) is 0 Å². The van der Waals surface area contributed by atoms with Crippen molar-refractivity contribution in [3.63, 3.8) is 0 Å². The summed E-state index contributed by atoms with van der Waals surface area (Å²) in [7, 11) is 1.58. The zero-order valence-electron chi connectivity index (χ0n) is 11.4. The molecule has 0 saturated carbocycles. The molecule has 0 aliphatic heterocycles. The van der Waals surface area contributed by atoms with Crippen LogP contribution in [0.25, 0.3) is 0 Å². The maximum absolute atomic E-state index is 13.1. The van der Waals surface area contributed by atoms with Crippen LogP contribution in [-0.2, 0) is 4.74 Å². The van der Waals surface area contributed by atoms with Crippen molar-refractivity contribution < 1.29 is 18.8 Å². The normalized spacial score (nSPS) is 9.81. The summed E-state index contributed by atoms with van der Waals surface area (Å²) >= 11 is 0. The number of nitro benzene ring substituents is 1. The van der Waals surface area contributed by atoms with Gasteiger partial charge in [0.1, 0.15) is 11.4 Å². The fourth-order valence-electron chi connectivity index (χ4n) is 1.51. The molecule has 118 valence electrons. The number of nitro groups is 1. The summed E-state index contributed by atoms with van der Waals surface area (Å²) in [6.07, 6.45) is 0. The molecule has 0 aliphatic carbocycles. The van der Waals surface area contributed by atoms with E-state index in [1.165, 1.54) is 0 Å². The Bertz CT molecular complexity index is 488. The molecule has 0 aromatic heterocycles. The van der Waals surface area contributed by atoms with Crippen LogP contribution in [0.4, 0.5) is 10.1 Å². The summed E-state index contributed by atoms with van der Waals surface area (Å²) < 4.78 is 17.9. The minimum absolute atomic E-state index is 0. The van der Waals surface area contributed by atoms with E-state index in [-0.39, 0.29) is 24.5 Å². The predicted octanol–water partition coefficient (Wildman–Crippen LogP) is 1.12. The standard InChI is InChI=1S/C12H16FN3O4.ClH/c1-20-7-6-14-4-5-15-12(17)10-8-9(13)2-3-11(10)16(18)19;/h2-3,8,14H,4-7H2,1H3,(H,15,17);1H. The van der Waals surface area contributed by atoms with Crippen molar-refractivity contribution in [3.05, 3.63) is 39.7 Å². The Morgan fingerprint density at radius 3 is 2.71 bits per heavy atom. The van der Waals surface area contributed by atoms with E-state index in [1.807, 2.05) is 0 Å². The molecule has 0 unspecified atom stereocenters. The van der Waals surface area contributed by atoms with Gasteiger partial charge in [-0.25, -0.2) is 4.39 Å². The number of hydrogen-bond acceptors (Lipinski definition) is 5. The maximum Gasteiger partial charge on any atom is 0.282 e. The van der Waals surface area contributed by atoms with Gasteiger partial charge in [-0.2, -0.15) is 0 Å². The second kappa shape index (κ2) is 10.0. The Balaban J connectivity index is 0.00000400. The third-order valence-electron chi connectivity index (χ3n) is 2.47. The number of rotatable bonds is 8. The van der Waals surface area contributed by atoms with Gasteiger partial charge in [-0.1, -0.05) is 0 Å². The average Bonchev–Trinajstić information content (AvgIpc) is 2.42. The second-order valence-corrected chi connectivity index (χ2v) is 3.92. The highest BCUT2D eigenvalue weighted by molar-refractivity contribution is 5.98. The number of methoxy groups -OCH3 is 1. The lowest BCUT2D eigenvalue weighted by Crippen LogP contribution is -2.33. The van der Waals surface area contributed by atoms with E-state index >= 15 is 0 Å². The van der Waals surface area contributed by atoms with Crippen molar-refractivity contribution in [1.29, 1.82) is 0 Å². The fraction of sp³-hybridized carbons (Fsp3) is 0.417. The predicted molar refractivity (Wildman–Crippen MR) is 77.4 cm³/mol. The van der Waals surface area contributed by atoms with Crippen LogP contribution in [0.3, 0.4) is 0 Å². The lowest BCUT2D eigenvalue weighted by molar-refractivity contribution is -0.385. The molecule has 0 heterocycles. The summed E-state index contributed by atoms with van der Waals surface area (Å²) in [5.74, 6) is -1.37. The molecule has 9 heteroatoms. The molecule has 0 atom stereocenters.